The number of carbonyl (C=O) groups is 1. The van der Waals surface area contributed by atoms with Crippen LogP contribution in [0.2, 0.25) is 0 Å². The third-order valence-corrected chi connectivity index (χ3v) is 5.58. The zero-order valence-corrected chi connectivity index (χ0v) is 19.9. The van der Waals surface area contributed by atoms with Crippen molar-refractivity contribution in [2.45, 2.75) is 50.9 Å². The molecule has 2 aliphatic rings. The number of aliphatic imine (C=N–C) groups is 1. The minimum Gasteiger partial charge on any atom is -0.484 e. The zero-order valence-electron chi connectivity index (χ0n) is 17.6. The first-order valence-electron chi connectivity index (χ1n) is 10.4. The number of rotatable bonds is 6. The molecule has 3 rings (SSSR count). The highest BCUT2D eigenvalue weighted by molar-refractivity contribution is 14.0. The molecule has 6 nitrogen and oxygen atoms in total. The fraction of sp³-hybridized carbons (Fsp3) is 0.619. The van der Waals surface area contributed by atoms with Gasteiger partial charge in [0, 0.05) is 44.2 Å². The Bertz CT molecular complexity index is 754. The van der Waals surface area contributed by atoms with Crippen LogP contribution in [-0.4, -0.2) is 55.7 Å². The number of hydrogen-bond acceptors (Lipinski definition) is 3. The smallest absolute Gasteiger partial charge is 0.422 e. The summed E-state index contributed by atoms with van der Waals surface area (Å²) < 4.78 is 42.3. The summed E-state index contributed by atoms with van der Waals surface area (Å²) in [6, 6.07) is 6.71. The van der Waals surface area contributed by atoms with Crippen LogP contribution in [0.25, 0.3) is 0 Å². The highest BCUT2D eigenvalue weighted by Gasteiger charge is 2.32. The number of para-hydroxylation sites is 1. The Balaban J connectivity index is 0.00000341. The summed E-state index contributed by atoms with van der Waals surface area (Å²) >= 11 is 0. The fourth-order valence-electron chi connectivity index (χ4n) is 4.03. The van der Waals surface area contributed by atoms with Crippen LogP contribution in [0.5, 0.6) is 5.75 Å². The van der Waals surface area contributed by atoms with Gasteiger partial charge in [0.05, 0.1) is 0 Å². The van der Waals surface area contributed by atoms with Crippen molar-refractivity contribution in [3.63, 3.8) is 0 Å². The highest BCUT2D eigenvalue weighted by Crippen LogP contribution is 2.28. The number of nitrogens with one attached hydrogen (secondary N) is 2. The first-order chi connectivity index (χ1) is 14.4. The fourth-order valence-corrected chi connectivity index (χ4v) is 4.03. The Morgan fingerprint density at radius 1 is 1.23 bits per heavy atom. The number of carbonyl (C=O) groups excluding carboxylic acids is 1. The van der Waals surface area contributed by atoms with Gasteiger partial charge >= 0.3 is 6.18 Å². The van der Waals surface area contributed by atoms with Crippen molar-refractivity contribution in [1.29, 1.82) is 0 Å². The zero-order chi connectivity index (χ0) is 21.6. The van der Waals surface area contributed by atoms with E-state index in [1.807, 2.05) is 4.90 Å². The quantitative estimate of drug-likeness (QED) is 0.320. The number of ether oxygens (including phenoxy) is 1. The topological polar surface area (TPSA) is 66.0 Å². The molecule has 1 heterocycles. The Hall–Kier alpha value is -1.72. The van der Waals surface area contributed by atoms with Crippen LogP contribution < -0.4 is 15.4 Å². The molecular formula is C21H30F3IN4O2. The molecule has 1 amide bonds. The van der Waals surface area contributed by atoms with E-state index in [1.165, 1.54) is 6.07 Å². The normalized spacial score (nSPS) is 19.8. The molecule has 1 aliphatic heterocycles. The maximum absolute atomic E-state index is 12.6. The maximum atomic E-state index is 12.6. The summed E-state index contributed by atoms with van der Waals surface area (Å²) in [6.07, 6.45) is 0.707. The van der Waals surface area contributed by atoms with Crippen molar-refractivity contribution < 1.29 is 22.7 Å². The average molecular weight is 554 g/mol. The summed E-state index contributed by atoms with van der Waals surface area (Å²) in [7, 11) is 1.64. The summed E-state index contributed by atoms with van der Waals surface area (Å²) in [5.41, 5.74) is 0.606. The Labute approximate surface area is 198 Å². The van der Waals surface area contributed by atoms with Gasteiger partial charge in [0.1, 0.15) is 5.75 Å². The second kappa shape index (κ2) is 11.8. The summed E-state index contributed by atoms with van der Waals surface area (Å²) in [4.78, 5) is 18.7. The Morgan fingerprint density at radius 2 is 1.94 bits per heavy atom. The van der Waals surface area contributed by atoms with Crippen LogP contribution >= 0.6 is 24.0 Å². The number of benzene rings is 1. The third-order valence-electron chi connectivity index (χ3n) is 5.58. The minimum atomic E-state index is -4.39. The van der Waals surface area contributed by atoms with Gasteiger partial charge in [-0.1, -0.05) is 31.0 Å². The predicted octanol–water partition coefficient (Wildman–Crippen LogP) is 3.70. The SMILES string of the molecule is CN=C(NCc1ccccc1OCC(F)(F)F)NC1CCN(C(=O)C2CCCC2)C1.I. The molecule has 1 aliphatic carbocycles. The molecule has 0 radical (unpaired) electrons. The third kappa shape index (κ3) is 7.73. The molecule has 2 N–H and O–H groups in total. The van der Waals surface area contributed by atoms with Gasteiger partial charge < -0.3 is 20.3 Å². The summed E-state index contributed by atoms with van der Waals surface area (Å²) in [5.74, 6) is 1.16. The summed E-state index contributed by atoms with van der Waals surface area (Å²) in [5, 5.41) is 6.43. The first kappa shape index (κ1) is 25.5. The van der Waals surface area contributed by atoms with Crippen LogP contribution in [0.4, 0.5) is 13.2 Å². The number of hydrogen-bond donors (Lipinski definition) is 2. The van der Waals surface area contributed by atoms with E-state index in [-0.39, 0.29) is 54.1 Å². The van der Waals surface area contributed by atoms with Crippen molar-refractivity contribution >= 4 is 35.8 Å². The summed E-state index contributed by atoms with van der Waals surface area (Å²) in [6.45, 7) is 0.314. The van der Waals surface area contributed by atoms with Gasteiger partial charge in [-0.2, -0.15) is 13.2 Å². The van der Waals surface area contributed by atoms with Crippen LogP contribution in [-0.2, 0) is 11.3 Å². The Morgan fingerprint density at radius 3 is 2.61 bits per heavy atom. The van der Waals surface area contributed by atoms with Crippen molar-refractivity contribution in [2.24, 2.45) is 10.9 Å². The number of halogens is 4. The van der Waals surface area contributed by atoms with Crippen LogP contribution in [0.1, 0.15) is 37.7 Å². The van der Waals surface area contributed by atoms with Crippen molar-refractivity contribution in [3.05, 3.63) is 29.8 Å². The van der Waals surface area contributed by atoms with E-state index >= 15 is 0 Å². The predicted molar refractivity (Wildman–Crippen MR) is 124 cm³/mol. The lowest BCUT2D eigenvalue weighted by molar-refractivity contribution is -0.153. The molecule has 0 bridgehead atoms. The molecule has 1 saturated heterocycles. The van der Waals surface area contributed by atoms with Gasteiger partial charge in [-0.25, -0.2) is 0 Å². The van der Waals surface area contributed by atoms with Gasteiger partial charge in [-0.15, -0.1) is 24.0 Å². The van der Waals surface area contributed by atoms with E-state index in [0.29, 0.717) is 18.1 Å². The van der Waals surface area contributed by atoms with E-state index in [9.17, 15) is 18.0 Å². The number of nitrogens with zero attached hydrogens (tertiary/aromatic N) is 2. The van der Waals surface area contributed by atoms with Crippen LogP contribution in [0.15, 0.2) is 29.3 Å². The van der Waals surface area contributed by atoms with Crippen LogP contribution in [0, 0.1) is 5.92 Å². The Kier molecular flexibility index (Phi) is 9.70. The molecule has 1 aromatic rings. The molecule has 0 spiro atoms. The van der Waals surface area contributed by atoms with E-state index in [0.717, 1.165) is 38.6 Å². The standard InChI is InChI=1S/C21H29F3N4O2.HI/c1-25-20(26-12-16-8-4-5-9-18(16)30-14-21(22,23)24)27-17-10-11-28(13-17)19(29)15-6-2-3-7-15;/h4-5,8-9,15,17H,2-3,6-7,10-14H2,1H3,(H2,25,26,27);1H. The second-order valence-electron chi connectivity index (χ2n) is 7.83. The van der Waals surface area contributed by atoms with Crippen LogP contribution in [0.3, 0.4) is 0 Å². The van der Waals surface area contributed by atoms with Crippen molar-refractivity contribution in [3.8, 4) is 5.75 Å². The lowest BCUT2D eigenvalue weighted by atomic mass is 10.1. The van der Waals surface area contributed by atoms with E-state index in [2.05, 4.69) is 15.6 Å². The van der Waals surface area contributed by atoms with Crippen molar-refractivity contribution in [1.82, 2.24) is 15.5 Å². The van der Waals surface area contributed by atoms with Gasteiger partial charge in [-0.05, 0) is 25.3 Å². The number of likely N-dealkylation sites (tertiary alicyclic amines) is 1. The molecule has 1 unspecified atom stereocenters. The van der Waals surface area contributed by atoms with E-state index in [1.54, 1.807) is 25.2 Å². The molecule has 1 aromatic carbocycles. The molecule has 31 heavy (non-hydrogen) atoms. The molecule has 2 fully saturated rings. The van der Waals surface area contributed by atoms with Gasteiger partial charge in [-0.3, -0.25) is 9.79 Å². The van der Waals surface area contributed by atoms with E-state index < -0.39 is 12.8 Å². The first-order valence-corrected chi connectivity index (χ1v) is 10.4. The second-order valence-corrected chi connectivity index (χ2v) is 7.83. The molecule has 10 heteroatoms. The van der Waals surface area contributed by atoms with Gasteiger partial charge in [0.15, 0.2) is 12.6 Å². The largest absolute Gasteiger partial charge is 0.484 e. The molecule has 0 aromatic heterocycles. The maximum Gasteiger partial charge on any atom is 0.422 e. The number of amides is 1. The highest BCUT2D eigenvalue weighted by atomic mass is 127. The molecule has 1 saturated carbocycles. The van der Waals surface area contributed by atoms with E-state index in [4.69, 9.17) is 4.74 Å². The molecule has 174 valence electrons. The average Bonchev–Trinajstić information content (AvgIpc) is 3.41. The van der Waals surface area contributed by atoms with Crippen molar-refractivity contribution in [2.75, 3.05) is 26.7 Å². The minimum absolute atomic E-state index is 0. The molecular weight excluding hydrogens is 524 g/mol. The molecule has 1 atom stereocenters. The lowest BCUT2D eigenvalue weighted by Crippen LogP contribution is -2.45. The number of alkyl halides is 3. The number of guanidine groups is 1. The lowest BCUT2D eigenvalue weighted by Gasteiger charge is -2.21. The van der Waals surface area contributed by atoms with Gasteiger partial charge in [0.25, 0.3) is 0 Å². The van der Waals surface area contributed by atoms with Gasteiger partial charge in [0.2, 0.25) is 5.91 Å². The monoisotopic (exact) mass is 554 g/mol.